The zero-order valence-corrected chi connectivity index (χ0v) is 35.1. The van der Waals surface area contributed by atoms with Gasteiger partial charge in [0.25, 0.3) is 0 Å². The average molecular weight is 857 g/mol. The van der Waals surface area contributed by atoms with Crippen LogP contribution in [0.1, 0.15) is 45.6 Å². The average Bonchev–Trinajstić information content (AvgIpc) is 1.72. The van der Waals surface area contributed by atoms with Gasteiger partial charge in [-0.1, -0.05) is 230 Å². The SMILES string of the molecule is [2H]c1c([2H])c([2H])c(-c2c([2H])c([2H])c(-c3c([2H])c([2H])c(N(c4ccc5c(c4)C(c4ccccc4)(c4ccccc4)c4ccccc4-5)c4c([2H])c([2H])c(-c5cccc(-c6cccc7ccccc67)c5)c([2H])c4[2H])c([2H])c3[2H])c([2H])c2[2H])c([2H])c1[2H]. The topological polar surface area (TPSA) is 3.24 Å². The fourth-order valence-corrected chi connectivity index (χ4v) is 9.30. The maximum absolute atomic E-state index is 9.97. The van der Waals surface area contributed by atoms with E-state index in [-0.39, 0.29) is 11.3 Å². The first-order valence-corrected chi connectivity index (χ1v) is 21.5. The number of benzene rings is 11. The molecule has 1 nitrogen and oxygen atoms in total. The van der Waals surface area contributed by atoms with Crippen molar-refractivity contribution in [1.29, 1.82) is 0 Å². The number of fused-ring (bicyclic) bond motifs is 4. The molecule has 0 fully saturated rings. The van der Waals surface area contributed by atoms with Crippen molar-refractivity contribution in [3.8, 4) is 55.6 Å². The second kappa shape index (κ2) is 16.6. The Balaban J connectivity index is 1.13. The summed E-state index contributed by atoms with van der Waals surface area (Å²) in [5.41, 5.74) is 2.69. The van der Waals surface area contributed by atoms with Crippen molar-refractivity contribution in [2.45, 2.75) is 5.41 Å². The van der Waals surface area contributed by atoms with Crippen LogP contribution < -0.4 is 4.90 Å². The van der Waals surface area contributed by atoms with Crippen LogP contribution in [0.5, 0.6) is 0 Å². The van der Waals surface area contributed by atoms with E-state index >= 15 is 0 Å². The third-order valence-electron chi connectivity index (χ3n) is 12.2. The van der Waals surface area contributed by atoms with Gasteiger partial charge < -0.3 is 4.90 Å². The van der Waals surface area contributed by atoms with Gasteiger partial charge in [-0.25, -0.2) is 0 Å². The van der Waals surface area contributed by atoms with Gasteiger partial charge in [-0.05, 0) is 131 Å². The third-order valence-corrected chi connectivity index (χ3v) is 12.2. The zero-order chi connectivity index (χ0) is 58.7. The van der Waals surface area contributed by atoms with E-state index in [4.69, 9.17) is 9.60 Å². The molecule has 0 heterocycles. The largest absolute Gasteiger partial charge is 0.310 e. The Morgan fingerprint density at radius 1 is 0.303 bits per heavy atom. The molecular weight excluding hydrogens is 795 g/mol. The molecule has 0 radical (unpaired) electrons. The first kappa shape index (κ1) is 25.1. The molecule has 11 aromatic carbocycles. The van der Waals surface area contributed by atoms with Crippen LogP contribution in [-0.2, 0) is 5.41 Å². The zero-order valence-electron chi connectivity index (χ0n) is 52.1. The standard InChI is InChI=1S/C65H45N/c1-4-16-46(17-5-1)47-30-32-48(33-31-47)49-34-38-56(39-35-49)66(57-40-36-50(37-41-57)52-20-14-21-53(44-52)60-28-15-19-51-18-10-11-26-59(51)60)58-42-43-62-61-27-12-13-29-63(61)65(64(62)45-58,54-22-6-2-7-23-54)55-24-8-3-9-25-55/h1-45H/i1D,4D,5D,16D,17D,30D,31D,32D,33D,34D,35D,36D,37D,38D,39D,40D,41D. The Morgan fingerprint density at radius 2 is 0.788 bits per heavy atom. The molecule has 1 heteroatoms. The maximum Gasteiger partial charge on any atom is 0.0714 e. The van der Waals surface area contributed by atoms with Crippen LogP contribution in [0.3, 0.4) is 0 Å². The molecule has 1 aliphatic carbocycles. The van der Waals surface area contributed by atoms with Crippen LogP contribution in [0.25, 0.3) is 66.4 Å². The van der Waals surface area contributed by atoms with Crippen LogP contribution in [0, 0.1) is 0 Å². The lowest BCUT2D eigenvalue weighted by molar-refractivity contribution is 0.768. The van der Waals surface area contributed by atoms with Crippen molar-refractivity contribution in [3.63, 3.8) is 0 Å². The third kappa shape index (κ3) is 6.73. The van der Waals surface area contributed by atoms with Gasteiger partial charge in [0, 0.05) is 17.1 Å². The number of anilines is 3. The molecule has 1 aliphatic rings. The van der Waals surface area contributed by atoms with Crippen LogP contribution in [0.4, 0.5) is 17.1 Å². The highest BCUT2D eigenvalue weighted by atomic mass is 15.1. The molecule has 0 saturated carbocycles. The fraction of sp³-hybridized carbons (Fsp3) is 0.0154. The van der Waals surface area contributed by atoms with E-state index in [0.717, 1.165) is 49.7 Å². The molecule has 12 rings (SSSR count). The number of nitrogens with zero attached hydrogens (tertiary/aromatic N) is 1. The quantitative estimate of drug-likeness (QED) is 0.140. The summed E-state index contributed by atoms with van der Waals surface area (Å²) >= 11 is 0. The Bertz CT molecular complexity index is 4380. The van der Waals surface area contributed by atoms with E-state index in [1.54, 1.807) is 24.3 Å². The highest BCUT2D eigenvalue weighted by molar-refractivity contribution is 5.97. The predicted octanol–water partition coefficient (Wildman–Crippen LogP) is 17.3. The number of hydrogen-bond acceptors (Lipinski definition) is 1. The molecule has 66 heavy (non-hydrogen) atoms. The van der Waals surface area contributed by atoms with Gasteiger partial charge in [0.05, 0.1) is 28.7 Å². The summed E-state index contributed by atoms with van der Waals surface area (Å²) in [5.74, 6) is 0. The van der Waals surface area contributed by atoms with Gasteiger partial charge in [-0.2, -0.15) is 0 Å². The Hall–Kier alpha value is -8.52. The van der Waals surface area contributed by atoms with Gasteiger partial charge in [0.2, 0.25) is 0 Å². The van der Waals surface area contributed by atoms with Crippen LogP contribution in [-0.4, -0.2) is 0 Å². The molecule has 0 aromatic heterocycles. The molecule has 0 atom stereocenters. The lowest BCUT2D eigenvalue weighted by atomic mass is 9.67. The summed E-state index contributed by atoms with van der Waals surface area (Å²) < 4.78 is 157. The highest BCUT2D eigenvalue weighted by Crippen LogP contribution is 2.57. The Labute approximate surface area is 411 Å². The minimum absolute atomic E-state index is 0.0346. The molecule has 0 N–H and O–H groups in total. The van der Waals surface area contributed by atoms with Crippen molar-refractivity contribution in [2.75, 3.05) is 4.90 Å². The molecule has 0 aliphatic heterocycles. The first-order chi connectivity index (χ1) is 39.8. The number of hydrogen-bond donors (Lipinski definition) is 0. The molecule has 0 amide bonds. The molecule has 0 saturated heterocycles. The van der Waals surface area contributed by atoms with Gasteiger partial charge in [-0.15, -0.1) is 0 Å². The van der Waals surface area contributed by atoms with Crippen LogP contribution >= 0.6 is 0 Å². The molecule has 0 unspecified atom stereocenters. The lowest BCUT2D eigenvalue weighted by Crippen LogP contribution is -2.28. The summed E-state index contributed by atoms with van der Waals surface area (Å²) in [6.07, 6.45) is 0. The minimum Gasteiger partial charge on any atom is -0.310 e. The van der Waals surface area contributed by atoms with Gasteiger partial charge in [-0.3, -0.25) is 0 Å². The van der Waals surface area contributed by atoms with E-state index in [1.165, 1.54) is 4.90 Å². The highest BCUT2D eigenvalue weighted by Gasteiger charge is 2.46. The minimum atomic E-state index is -1.03. The van der Waals surface area contributed by atoms with Gasteiger partial charge in [0.1, 0.15) is 0 Å². The lowest BCUT2D eigenvalue weighted by Gasteiger charge is -2.35. The summed E-state index contributed by atoms with van der Waals surface area (Å²) in [6, 6.07) is 41.1. The summed E-state index contributed by atoms with van der Waals surface area (Å²) in [7, 11) is 0. The van der Waals surface area contributed by atoms with Crippen LogP contribution in [0.15, 0.2) is 273 Å². The van der Waals surface area contributed by atoms with Gasteiger partial charge >= 0.3 is 0 Å². The Kier molecular flexibility index (Phi) is 6.29. The van der Waals surface area contributed by atoms with Crippen molar-refractivity contribution in [3.05, 3.63) is 295 Å². The smallest absolute Gasteiger partial charge is 0.0714 e. The normalized spacial score (nSPS) is 16.0. The number of rotatable bonds is 9. The fourth-order valence-electron chi connectivity index (χ4n) is 9.30. The van der Waals surface area contributed by atoms with Crippen molar-refractivity contribution in [1.82, 2.24) is 0 Å². The van der Waals surface area contributed by atoms with Crippen molar-refractivity contribution in [2.24, 2.45) is 0 Å². The van der Waals surface area contributed by atoms with E-state index in [2.05, 4.69) is 0 Å². The van der Waals surface area contributed by atoms with E-state index in [1.807, 2.05) is 146 Å². The van der Waals surface area contributed by atoms with E-state index in [9.17, 15) is 13.7 Å². The summed E-state index contributed by atoms with van der Waals surface area (Å²) in [6.45, 7) is 0. The predicted molar refractivity (Wildman–Crippen MR) is 278 cm³/mol. The van der Waals surface area contributed by atoms with Crippen LogP contribution in [0.2, 0.25) is 0 Å². The Morgan fingerprint density at radius 3 is 1.45 bits per heavy atom. The van der Waals surface area contributed by atoms with E-state index in [0.29, 0.717) is 11.1 Å². The molecular formula is C65H45N. The molecule has 310 valence electrons. The van der Waals surface area contributed by atoms with Crippen molar-refractivity contribution >= 4 is 27.8 Å². The summed E-state index contributed by atoms with van der Waals surface area (Å²) in [4.78, 5) is 1.20. The molecule has 11 aromatic rings. The monoisotopic (exact) mass is 856 g/mol. The van der Waals surface area contributed by atoms with Crippen molar-refractivity contribution < 1.29 is 23.3 Å². The first-order valence-electron chi connectivity index (χ1n) is 30.0. The van der Waals surface area contributed by atoms with Gasteiger partial charge in [0.15, 0.2) is 0 Å². The molecule has 0 spiro atoms. The second-order valence-corrected chi connectivity index (χ2v) is 15.9. The van der Waals surface area contributed by atoms with E-state index < -0.39 is 142 Å². The second-order valence-electron chi connectivity index (χ2n) is 15.9. The molecule has 0 bridgehead atoms. The summed E-state index contributed by atoms with van der Waals surface area (Å²) in [5, 5.41) is 1.97. The maximum atomic E-state index is 9.97.